The van der Waals surface area contributed by atoms with Crippen LogP contribution in [0.15, 0.2) is 41.8 Å². The Morgan fingerprint density at radius 2 is 1.96 bits per heavy atom. The van der Waals surface area contributed by atoms with Crippen molar-refractivity contribution in [1.82, 2.24) is 5.32 Å². The molecule has 0 spiro atoms. The highest BCUT2D eigenvalue weighted by Gasteiger charge is 2.52. The molecule has 0 atom stereocenters. The van der Waals surface area contributed by atoms with E-state index in [0.29, 0.717) is 11.6 Å². The molecule has 120 valence electrons. The summed E-state index contributed by atoms with van der Waals surface area (Å²) in [7, 11) is 0. The Balaban J connectivity index is 1.51. The molecule has 0 unspecified atom stereocenters. The molecule has 1 saturated carbocycles. The van der Waals surface area contributed by atoms with E-state index in [0.717, 1.165) is 23.3 Å². The van der Waals surface area contributed by atoms with E-state index in [1.807, 2.05) is 29.6 Å². The Labute approximate surface area is 143 Å². The second kappa shape index (κ2) is 6.72. The summed E-state index contributed by atoms with van der Waals surface area (Å²) in [5, 5.41) is 5.32. The van der Waals surface area contributed by atoms with Gasteiger partial charge in [0.1, 0.15) is 0 Å². The van der Waals surface area contributed by atoms with E-state index in [2.05, 4.69) is 5.32 Å². The minimum absolute atomic E-state index is 0.250. The highest BCUT2D eigenvalue weighted by molar-refractivity contribution is 7.09. The van der Waals surface area contributed by atoms with Crippen molar-refractivity contribution in [2.45, 2.75) is 24.8 Å². The zero-order valence-electron chi connectivity index (χ0n) is 12.4. The lowest BCUT2D eigenvalue weighted by Gasteiger charge is -2.15. The fourth-order valence-electron chi connectivity index (χ4n) is 2.42. The summed E-state index contributed by atoms with van der Waals surface area (Å²) in [6, 6.07) is 11.1. The summed E-state index contributed by atoms with van der Waals surface area (Å²) >= 11 is 7.44. The van der Waals surface area contributed by atoms with Crippen LogP contribution in [0.1, 0.15) is 23.3 Å². The molecule has 1 heterocycles. The van der Waals surface area contributed by atoms with Crippen LogP contribution >= 0.6 is 22.9 Å². The molecule has 1 aromatic carbocycles. The summed E-state index contributed by atoms with van der Waals surface area (Å²) in [5.74, 6) is -0.634. The van der Waals surface area contributed by atoms with Crippen molar-refractivity contribution < 1.29 is 14.3 Å². The topological polar surface area (TPSA) is 55.4 Å². The van der Waals surface area contributed by atoms with Crippen LogP contribution < -0.4 is 5.32 Å². The van der Waals surface area contributed by atoms with Crippen LogP contribution in [0.5, 0.6) is 0 Å². The van der Waals surface area contributed by atoms with E-state index in [1.165, 1.54) is 0 Å². The molecular formula is C17H16ClNO3S. The first-order chi connectivity index (χ1) is 11.1. The van der Waals surface area contributed by atoms with Crippen molar-refractivity contribution in [2.24, 2.45) is 0 Å². The van der Waals surface area contributed by atoms with Crippen LogP contribution in [0.4, 0.5) is 0 Å². The van der Waals surface area contributed by atoms with Gasteiger partial charge in [-0.2, -0.15) is 0 Å². The molecule has 2 aromatic rings. The third kappa shape index (κ3) is 3.74. The number of rotatable bonds is 6. The SMILES string of the molecule is O=C(COC(=O)C1(c2ccc(Cl)cc2)CC1)NCc1cccs1. The van der Waals surface area contributed by atoms with E-state index in [-0.39, 0.29) is 18.5 Å². The molecule has 1 aliphatic carbocycles. The Kier molecular flexibility index (Phi) is 4.68. The standard InChI is InChI=1S/C17H16ClNO3S/c18-13-5-3-12(4-6-13)17(7-8-17)16(21)22-11-15(20)19-10-14-2-1-9-23-14/h1-6,9H,7-8,10-11H2,(H,19,20). The van der Waals surface area contributed by atoms with Crippen molar-refractivity contribution in [1.29, 1.82) is 0 Å². The zero-order chi connectivity index (χ0) is 16.3. The quantitative estimate of drug-likeness (QED) is 0.814. The van der Waals surface area contributed by atoms with Gasteiger partial charge in [0.25, 0.3) is 5.91 Å². The van der Waals surface area contributed by atoms with Gasteiger partial charge < -0.3 is 10.1 Å². The Morgan fingerprint density at radius 3 is 2.57 bits per heavy atom. The van der Waals surface area contributed by atoms with Gasteiger partial charge in [0.2, 0.25) is 0 Å². The normalized spacial score (nSPS) is 15.0. The highest BCUT2D eigenvalue weighted by Crippen LogP contribution is 2.49. The fourth-order valence-corrected chi connectivity index (χ4v) is 3.19. The molecule has 0 aliphatic heterocycles. The van der Waals surface area contributed by atoms with Crippen LogP contribution in [0.25, 0.3) is 0 Å². The monoisotopic (exact) mass is 349 g/mol. The van der Waals surface area contributed by atoms with Crippen molar-refractivity contribution >= 4 is 34.8 Å². The fraction of sp³-hybridized carbons (Fsp3) is 0.294. The molecule has 4 nitrogen and oxygen atoms in total. The number of halogens is 1. The number of hydrogen-bond donors (Lipinski definition) is 1. The number of esters is 1. The molecule has 1 aromatic heterocycles. The summed E-state index contributed by atoms with van der Waals surface area (Å²) < 4.78 is 5.21. The van der Waals surface area contributed by atoms with Gasteiger partial charge in [-0.3, -0.25) is 9.59 Å². The number of benzene rings is 1. The first kappa shape index (κ1) is 16.0. The van der Waals surface area contributed by atoms with Crippen molar-refractivity contribution in [3.8, 4) is 0 Å². The maximum atomic E-state index is 12.3. The number of carbonyl (C=O) groups excluding carboxylic acids is 2. The molecule has 0 bridgehead atoms. The van der Waals surface area contributed by atoms with Gasteiger partial charge in [0.05, 0.1) is 12.0 Å². The molecular weight excluding hydrogens is 334 g/mol. The van der Waals surface area contributed by atoms with Crippen LogP contribution in [0, 0.1) is 0 Å². The first-order valence-electron chi connectivity index (χ1n) is 7.32. The van der Waals surface area contributed by atoms with Gasteiger partial charge in [-0.1, -0.05) is 29.8 Å². The smallest absolute Gasteiger partial charge is 0.317 e. The van der Waals surface area contributed by atoms with Gasteiger partial charge in [-0.15, -0.1) is 11.3 Å². The molecule has 1 N–H and O–H groups in total. The lowest BCUT2D eigenvalue weighted by molar-refractivity contribution is -0.151. The predicted octanol–water partition coefficient (Wildman–Crippen LogP) is 3.29. The summed E-state index contributed by atoms with van der Waals surface area (Å²) in [4.78, 5) is 25.1. The molecule has 6 heteroatoms. The second-order valence-electron chi connectivity index (χ2n) is 5.52. The number of carbonyl (C=O) groups is 2. The lowest BCUT2D eigenvalue weighted by Crippen LogP contribution is -2.31. The van der Waals surface area contributed by atoms with Crippen LogP contribution in [0.2, 0.25) is 5.02 Å². The molecule has 3 rings (SSSR count). The number of ether oxygens (including phenoxy) is 1. The van der Waals surface area contributed by atoms with Crippen molar-refractivity contribution in [2.75, 3.05) is 6.61 Å². The number of amides is 1. The minimum Gasteiger partial charge on any atom is -0.455 e. The summed E-state index contributed by atoms with van der Waals surface area (Å²) in [6.45, 7) is 0.204. The highest BCUT2D eigenvalue weighted by atomic mass is 35.5. The third-order valence-electron chi connectivity index (χ3n) is 3.91. The van der Waals surface area contributed by atoms with E-state index in [1.54, 1.807) is 23.5 Å². The van der Waals surface area contributed by atoms with Crippen molar-refractivity contribution in [3.63, 3.8) is 0 Å². The first-order valence-corrected chi connectivity index (χ1v) is 8.58. The molecule has 1 amide bonds. The number of thiophene rings is 1. The van der Waals surface area contributed by atoms with E-state index in [4.69, 9.17) is 16.3 Å². The van der Waals surface area contributed by atoms with E-state index < -0.39 is 5.41 Å². The number of hydrogen-bond acceptors (Lipinski definition) is 4. The Hall–Kier alpha value is -1.85. The second-order valence-corrected chi connectivity index (χ2v) is 6.99. The van der Waals surface area contributed by atoms with Crippen LogP contribution in [0.3, 0.4) is 0 Å². The average molecular weight is 350 g/mol. The van der Waals surface area contributed by atoms with Crippen LogP contribution in [-0.4, -0.2) is 18.5 Å². The lowest BCUT2D eigenvalue weighted by atomic mass is 9.96. The zero-order valence-corrected chi connectivity index (χ0v) is 14.0. The maximum absolute atomic E-state index is 12.3. The maximum Gasteiger partial charge on any atom is 0.317 e. The van der Waals surface area contributed by atoms with Gasteiger partial charge in [0.15, 0.2) is 6.61 Å². The van der Waals surface area contributed by atoms with E-state index >= 15 is 0 Å². The molecule has 23 heavy (non-hydrogen) atoms. The van der Waals surface area contributed by atoms with Crippen LogP contribution in [-0.2, 0) is 26.3 Å². The van der Waals surface area contributed by atoms with Gasteiger partial charge in [-0.05, 0) is 42.0 Å². The number of nitrogens with one attached hydrogen (secondary N) is 1. The predicted molar refractivity (Wildman–Crippen MR) is 89.5 cm³/mol. The molecule has 1 aliphatic rings. The van der Waals surface area contributed by atoms with Gasteiger partial charge in [0, 0.05) is 9.90 Å². The summed E-state index contributed by atoms with van der Waals surface area (Å²) in [6.07, 6.45) is 1.48. The van der Waals surface area contributed by atoms with E-state index in [9.17, 15) is 9.59 Å². The van der Waals surface area contributed by atoms with Gasteiger partial charge in [-0.25, -0.2) is 0 Å². The Bertz CT molecular complexity index is 693. The van der Waals surface area contributed by atoms with Gasteiger partial charge >= 0.3 is 5.97 Å². The molecule has 0 radical (unpaired) electrons. The molecule has 0 saturated heterocycles. The minimum atomic E-state index is -0.599. The average Bonchev–Trinajstić information content (AvgIpc) is 3.20. The third-order valence-corrected chi connectivity index (χ3v) is 5.04. The van der Waals surface area contributed by atoms with Crippen molar-refractivity contribution in [3.05, 3.63) is 57.2 Å². The largest absolute Gasteiger partial charge is 0.455 e. The molecule has 1 fully saturated rings. The Morgan fingerprint density at radius 1 is 1.22 bits per heavy atom. The summed E-state index contributed by atoms with van der Waals surface area (Å²) in [5.41, 5.74) is 0.296.